The molecule has 1 heterocycles. The molecular formula is C10H16N4O3. The van der Waals surface area contributed by atoms with Crippen LogP contribution in [0.25, 0.3) is 0 Å². The molecule has 0 bridgehead atoms. The second-order valence-corrected chi connectivity index (χ2v) is 3.42. The van der Waals surface area contributed by atoms with Gasteiger partial charge in [0.05, 0.1) is 17.9 Å². The molecule has 94 valence electrons. The van der Waals surface area contributed by atoms with E-state index >= 15 is 0 Å². The third kappa shape index (κ3) is 3.04. The Balaban J connectivity index is 3.07. The molecular weight excluding hydrogens is 224 g/mol. The maximum absolute atomic E-state index is 8.73. The summed E-state index contributed by atoms with van der Waals surface area (Å²) in [5, 5.41) is 19.5. The monoisotopic (exact) mass is 240 g/mol. The van der Waals surface area contributed by atoms with E-state index in [1.54, 1.807) is 21.0 Å². The molecule has 7 heteroatoms. The van der Waals surface area contributed by atoms with Crippen LogP contribution in [-0.2, 0) is 4.74 Å². The Morgan fingerprint density at radius 2 is 2.06 bits per heavy atom. The molecule has 0 spiro atoms. The smallest absolute Gasteiger partial charge is 0.245 e. The number of aromatic nitrogens is 2. The molecule has 17 heavy (non-hydrogen) atoms. The number of hydrogen-bond acceptors (Lipinski definition) is 6. The minimum absolute atomic E-state index is 0.0482. The standard InChI is InChI=1S/C10H16N4O3/c1-6-7(2)12-13-10(17-5-4-16-3)8(6)9(11)14-15/h15H,4-5H2,1-3H3,(H2,11,14). The first-order valence-electron chi connectivity index (χ1n) is 5.05. The van der Waals surface area contributed by atoms with Crippen molar-refractivity contribution in [3.8, 4) is 5.88 Å². The van der Waals surface area contributed by atoms with Crippen LogP contribution in [0.1, 0.15) is 16.8 Å². The summed E-state index contributed by atoms with van der Waals surface area (Å²) in [6.07, 6.45) is 0. The predicted octanol–water partition coefficient (Wildman–Crippen LogP) is 0.213. The molecule has 7 nitrogen and oxygen atoms in total. The van der Waals surface area contributed by atoms with Gasteiger partial charge < -0.3 is 20.4 Å². The minimum atomic E-state index is -0.0482. The summed E-state index contributed by atoms with van der Waals surface area (Å²) in [6, 6.07) is 0. The number of ether oxygens (including phenoxy) is 2. The molecule has 0 fully saturated rings. The van der Waals surface area contributed by atoms with E-state index in [0.29, 0.717) is 24.5 Å². The number of aryl methyl sites for hydroxylation is 1. The number of nitrogens with two attached hydrogens (primary N) is 1. The van der Waals surface area contributed by atoms with Crippen molar-refractivity contribution in [2.45, 2.75) is 13.8 Å². The van der Waals surface area contributed by atoms with Crippen LogP contribution < -0.4 is 10.5 Å². The SMILES string of the molecule is COCCOc1nnc(C)c(C)c1/C(N)=N/O. The molecule has 0 saturated carbocycles. The highest BCUT2D eigenvalue weighted by molar-refractivity contribution is 6.00. The van der Waals surface area contributed by atoms with Gasteiger partial charge >= 0.3 is 0 Å². The van der Waals surface area contributed by atoms with Crippen LogP contribution in [0.4, 0.5) is 0 Å². The average molecular weight is 240 g/mol. The third-order valence-corrected chi connectivity index (χ3v) is 2.31. The van der Waals surface area contributed by atoms with Crippen LogP contribution in [0.5, 0.6) is 5.88 Å². The fourth-order valence-electron chi connectivity index (χ4n) is 1.26. The van der Waals surface area contributed by atoms with Gasteiger partial charge in [0.25, 0.3) is 0 Å². The van der Waals surface area contributed by atoms with Gasteiger partial charge in [-0.25, -0.2) is 0 Å². The fourth-order valence-corrected chi connectivity index (χ4v) is 1.26. The zero-order valence-corrected chi connectivity index (χ0v) is 10.1. The Bertz CT molecular complexity index is 420. The van der Waals surface area contributed by atoms with Crippen molar-refractivity contribution in [3.63, 3.8) is 0 Å². The number of amidine groups is 1. The van der Waals surface area contributed by atoms with Crippen LogP contribution in [0.2, 0.25) is 0 Å². The molecule has 1 aromatic rings. The number of oxime groups is 1. The van der Waals surface area contributed by atoms with Crippen LogP contribution >= 0.6 is 0 Å². The van der Waals surface area contributed by atoms with E-state index in [0.717, 1.165) is 5.56 Å². The molecule has 0 saturated heterocycles. The van der Waals surface area contributed by atoms with Gasteiger partial charge in [-0.05, 0) is 19.4 Å². The molecule has 0 atom stereocenters. The highest BCUT2D eigenvalue weighted by Crippen LogP contribution is 2.20. The molecule has 0 unspecified atom stereocenters. The molecule has 1 rings (SSSR count). The van der Waals surface area contributed by atoms with Gasteiger partial charge in [0.15, 0.2) is 5.84 Å². The molecule has 3 N–H and O–H groups in total. The first-order valence-corrected chi connectivity index (χ1v) is 5.05. The van der Waals surface area contributed by atoms with Gasteiger partial charge in [0.1, 0.15) is 6.61 Å². The van der Waals surface area contributed by atoms with E-state index in [4.69, 9.17) is 20.4 Å². The van der Waals surface area contributed by atoms with Gasteiger partial charge in [0.2, 0.25) is 5.88 Å². The Labute approximate surface area is 99.2 Å². The second-order valence-electron chi connectivity index (χ2n) is 3.42. The van der Waals surface area contributed by atoms with Crippen molar-refractivity contribution in [2.75, 3.05) is 20.3 Å². The largest absolute Gasteiger partial charge is 0.474 e. The lowest BCUT2D eigenvalue weighted by Gasteiger charge is -2.11. The van der Waals surface area contributed by atoms with Crippen molar-refractivity contribution in [2.24, 2.45) is 10.9 Å². The van der Waals surface area contributed by atoms with Gasteiger partial charge in [-0.15, -0.1) is 5.10 Å². The molecule has 0 radical (unpaired) electrons. The van der Waals surface area contributed by atoms with Crippen LogP contribution in [0, 0.1) is 13.8 Å². The van der Waals surface area contributed by atoms with Gasteiger partial charge in [-0.3, -0.25) is 0 Å². The number of methoxy groups -OCH3 is 1. The minimum Gasteiger partial charge on any atom is -0.474 e. The van der Waals surface area contributed by atoms with Crippen LogP contribution in [-0.4, -0.2) is 41.6 Å². The fraction of sp³-hybridized carbons (Fsp3) is 0.500. The van der Waals surface area contributed by atoms with E-state index in [1.807, 2.05) is 0 Å². The van der Waals surface area contributed by atoms with Crippen molar-refractivity contribution < 1.29 is 14.7 Å². The first-order chi connectivity index (χ1) is 8.11. The second kappa shape index (κ2) is 6.00. The molecule has 0 aliphatic heterocycles. The van der Waals surface area contributed by atoms with E-state index < -0.39 is 0 Å². The van der Waals surface area contributed by atoms with E-state index in [2.05, 4.69) is 15.4 Å². The maximum atomic E-state index is 8.73. The summed E-state index contributed by atoms with van der Waals surface area (Å²) in [4.78, 5) is 0. The average Bonchev–Trinajstić information content (AvgIpc) is 2.33. The topological polar surface area (TPSA) is 103 Å². The van der Waals surface area contributed by atoms with Crippen molar-refractivity contribution in [3.05, 3.63) is 16.8 Å². The highest BCUT2D eigenvalue weighted by Gasteiger charge is 2.16. The molecule has 0 aliphatic rings. The Kier molecular flexibility index (Phi) is 4.65. The van der Waals surface area contributed by atoms with E-state index in [9.17, 15) is 0 Å². The summed E-state index contributed by atoms with van der Waals surface area (Å²) in [6.45, 7) is 4.33. The molecule has 1 aromatic heterocycles. The van der Waals surface area contributed by atoms with E-state index in [1.165, 1.54) is 0 Å². The molecule has 0 aromatic carbocycles. The lowest BCUT2D eigenvalue weighted by atomic mass is 10.1. The summed E-state index contributed by atoms with van der Waals surface area (Å²) < 4.78 is 10.2. The first kappa shape index (κ1) is 13.2. The summed E-state index contributed by atoms with van der Waals surface area (Å²) >= 11 is 0. The van der Waals surface area contributed by atoms with Crippen LogP contribution in [0.15, 0.2) is 5.16 Å². The summed E-state index contributed by atoms with van der Waals surface area (Å²) in [5.74, 6) is 0.188. The molecule has 0 amide bonds. The number of nitrogens with zero attached hydrogens (tertiary/aromatic N) is 3. The normalized spacial score (nSPS) is 11.6. The number of rotatable bonds is 5. The number of hydrogen-bond donors (Lipinski definition) is 2. The molecule has 0 aliphatic carbocycles. The van der Waals surface area contributed by atoms with Gasteiger partial charge in [-0.1, -0.05) is 5.16 Å². The Morgan fingerprint density at radius 1 is 1.35 bits per heavy atom. The Hall–Kier alpha value is -1.89. The highest BCUT2D eigenvalue weighted by atomic mass is 16.5. The lowest BCUT2D eigenvalue weighted by Crippen LogP contribution is -2.19. The van der Waals surface area contributed by atoms with Crippen molar-refractivity contribution >= 4 is 5.84 Å². The maximum Gasteiger partial charge on any atom is 0.245 e. The zero-order valence-electron chi connectivity index (χ0n) is 10.1. The van der Waals surface area contributed by atoms with Crippen molar-refractivity contribution in [1.82, 2.24) is 10.2 Å². The summed E-state index contributed by atoms with van der Waals surface area (Å²) in [5.41, 5.74) is 7.51. The van der Waals surface area contributed by atoms with Gasteiger partial charge in [0, 0.05) is 7.11 Å². The van der Waals surface area contributed by atoms with E-state index in [-0.39, 0.29) is 11.7 Å². The van der Waals surface area contributed by atoms with Gasteiger partial charge in [-0.2, -0.15) is 5.10 Å². The zero-order chi connectivity index (χ0) is 12.8. The van der Waals surface area contributed by atoms with Crippen LogP contribution in [0.3, 0.4) is 0 Å². The lowest BCUT2D eigenvalue weighted by molar-refractivity contribution is 0.143. The Morgan fingerprint density at radius 3 is 2.65 bits per heavy atom. The van der Waals surface area contributed by atoms with Crippen molar-refractivity contribution in [1.29, 1.82) is 0 Å². The summed E-state index contributed by atoms with van der Waals surface area (Å²) in [7, 11) is 1.57. The predicted molar refractivity (Wildman–Crippen MR) is 61.4 cm³/mol. The quantitative estimate of drug-likeness (QED) is 0.251. The third-order valence-electron chi connectivity index (χ3n) is 2.31.